The zero-order valence-electron chi connectivity index (χ0n) is 14.2. The lowest BCUT2D eigenvalue weighted by Gasteiger charge is -2.11. The third-order valence-electron chi connectivity index (χ3n) is 3.26. The maximum Gasteiger partial charge on any atom is 0.334 e. The van der Waals surface area contributed by atoms with Gasteiger partial charge in [-0.15, -0.1) is 0 Å². The molecular weight excluding hydrogens is 284 g/mol. The van der Waals surface area contributed by atoms with Gasteiger partial charge in [0.25, 0.3) is 0 Å². The molecule has 0 radical (unpaired) electrons. The number of unbranched alkanes of at least 4 members (excludes halogenated alkanes) is 5. The number of hydrogen-bond donors (Lipinski definition) is 0. The van der Waals surface area contributed by atoms with Crippen LogP contribution in [0.25, 0.3) is 0 Å². The summed E-state index contributed by atoms with van der Waals surface area (Å²) in [7, 11) is 1.53. The van der Waals surface area contributed by atoms with E-state index in [1.807, 2.05) is 0 Å². The van der Waals surface area contributed by atoms with Crippen LogP contribution in [-0.2, 0) is 23.8 Å². The van der Waals surface area contributed by atoms with E-state index in [2.05, 4.69) is 13.5 Å². The van der Waals surface area contributed by atoms with Crippen LogP contribution < -0.4 is 0 Å². The van der Waals surface area contributed by atoms with Crippen molar-refractivity contribution in [2.45, 2.75) is 64.9 Å². The summed E-state index contributed by atoms with van der Waals surface area (Å²) in [5.41, 5.74) is 0.108. The van der Waals surface area contributed by atoms with Crippen LogP contribution in [0.1, 0.15) is 58.8 Å². The van der Waals surface area contributed by atoms with Gasteiger partial charge < -0.3 is 14.2 Å². The van der Waals surface area contributed by atoms with Gasteiger partial charge in [0.2, 0.25) is 0 Å². The number of methoxy groups -OCH3 is 1. The molecule has 0 spiro atoms. The lowest BCUT2D eigenvalue weighted by atomic mass is 10.1. The topological polar surface area (TPSA) is 61.8 Å². The monoisotopic (exact) mass is 314 g/mol. The fraction of sp³-hybridized carbons (Fsp3) is 0.765. The number of ether oxygens (including phenoxy) is 3. The first-order valence-electron chi connectivity index (χ1n) is 8.04. The van der Waals surface area contributed by atoms with E-state index < -0.39 is 11.9 Å². The molecule has 0 aromatic heterocycles. The Hall–Kier alpha value is -1.36. The van der Waals surface area contributed by atoms with E-state index in [0.29, 0.717) is 6.61 Å². The second kappa shape index (κ2) is 13.3. The molecule has 0 saturated carbocycles. The molecule has 0 aliphatic rings. The van der Waals surface area contributed by atoms with Gasteiger partial charge in [-0.05, 0) is 13.3 Å². The van der Waals surface area contributed by atoms with Crippen LogP contribution >= 0.6 is 0 Å². The standard InChI is InChI=1S/C17H30O5/c1-5-6-7-8-9-10-11-21-16(18)12-14(2)17(19)22-13-15(3)20-4/h15H,2,5-13H2,1,3-4H3. The highest BCUT2D eigenvalue weighted by molar-refractivity contribution is 5.93. The Morgan fingerprint density at radius 1 is 1.05 bits per heavy atom. The predicted molar refractivity (Wildman–Crippen MR) is 85.5 cm³/mol. The zero-order valence-corrected chi connectivity index (χ0v) is 14.2. The van der Waals surface area contributed by atoms with E-state index >= 15 is 0 Å². The Morgan fingerprint density at radius 2 is 1.68 bits per heavy atom. The smallest absolute Gasteiger partial charge is 0.334 e. The minimum absolute atomic E-state index is 0.108. The second-order valence-electron chi connectivity index (χ2n) is 5.41. The van der Waals surface area contributed by atoms with Gasteiger partial charge in [0.1, 0.15) is 6.61 Å². The molecule has 0 aliphatic heterocycles. The van der Waals surface area contributed by atoms with Crippen molar-refractivity contribution in [3.05, 3.63) is 12.2 Å². The Bertz CT molecular complexity index is 338. The summed E-state index contributed by atoms with van der Waals surface area (Å²) < 4.78 is 15.0. The molecule has 0 heterocycles. The maximum absolute atomic E-state index is 11.6. The first-order valence-corrected chi connectivity index (χ1v) is 8.04. The fourth-order valence-electron chi connectivity index (χ4n) is 1.73. The summed E-state index contributed by atoms with van der Waals surface area (Å²) in [4.78, 5) is 23.2. The lowest BCUT2D eigenvalue weighted by Crippen LogP contribution is -2.19. The molecule has 0 aromatic carbocycles. The van der Waals surface area contributed by atoms with Gasteiger partial charge >= 0.3 is 11.9 Å². The van der Waals surface area contributed by atoms with Crippen molar-refractivity contribution >= 4 is 11.9 Å². The molecule has 0 N–H and O–H groups in total. The van der Waals surface area contributed by atoms with Crippen molar-refractivity contribution < 1.29 is 23.8 Å². The van der Waals surface area contributed by atoms with Gasteiger partial charge in [-0.3, -0.25) is 4.79 Å². The maximum atomic E-state index is 11.6. The quantitative estimate of drug-likeness (QED) is 0.296. The van der Waals surface area contributed by atoms with Crippen LogP contribution in [0, 0.1) is 0 Å². The third kappa shape index (κ3) is 11.3. The van der Waals surface area contributed by atoms with Gasteiger partial charge in [-0.25, -0.2) is 4.79 Å². The van der Waals surface area contributed by atoms with Crippen LogP contribution in [0.15, 0.2) is 12.2 Å². The predicted octanol–water partition coefficient (Wildman–Crippen LogP) is 3.41. The van der Waals surface area contributed by atoms with Gasteiger partial charge in [-0.1, -0.05) is 45.6 Å². The van der Waals surface area contributed by atoms with E-state index in [1.165, 1.54) is 32.8 Å². The van der Waals surface area contributed by atoms with Crippen molar-refractivity contribution in [2.24, 2.45) is 0 Å². The second-order valence-corrected chi connectivity index (χ2v) is 5.41. The van der Waals surface area contributed by atoms with Crippen molar-refractivity contribution in [1.29, 1.82) is 0 Å². The van der Waals surface area contributed by atoms with Crippen molar-refractivity contribution in [1.82, 2.24) is 0 Å². The largest absolute Gasteiger partial charge is 0.465 e. The van der Waals surface area contributed by atoms with Crippen molar-refractivity contribution in [2.75, 3.05) is 20.3 Å². The molecule has 0 saturated heterocycles. The van der Waals surface area contributed by atoms with Crippen LogP contribution in [0.3, 0.4) is 0 Å². The first-order chi connectivity index (χ1) is 10.5. The van der Waals surface area contributed by atoms with E-state index in [4.69, 9.17) is 14.2 Å². The minimum atomic E-state index is -0.583. The molecule has 1 unspecified atom stereocenters. The first kappa shape index (κ1) is 20.6. The van der Waals surface area contributed by atoms with Gasteiger partial charge in [0.15, 0.2) is 0 Å². The van der Waals surface area contributed by atoms with Crippen molar-refractivity contribution in [3.8, 4) is 0 Å². The third-order valence-corrected chi connectivity index (χ3v) is 3.26. The average Bonchev–Trinajstić information content (AvgIpc) is 2.51. The molecule has 0 rings (SSSR count). The Kier molecular flexibility index (Phi) is 12.5. The number of hydrogen-bond acceptors (Lipinski definition) is 5. The Morgan fingerprint density at radius 3 is 2.32 bits per heavy atom. The number of carbonyl (C=O) groups is 2. The van der Waals surface area contributed by atoms with E-state index in [1.54, 1.807) is 6.92 Å². The van der Waals surface area contributed by atoms with Crippen molar-refractivity contribution in [3.63, 3.8) is 0 Å². The van der Waals surface area contributed by atoms with Crippen LogP contribution in [0.2, 0.25) is 0 Å². The molecule has 0 fully saturated rings. The number of rotatable bonds is 13. The highest BCUT2D eigenvalue weighted by Crippen LogP contribution is 2.07. The molecular formula is C17H30O5. The minimum Gasteiger partial charge on any atom is -0.465 e. The van der Waals surface area contributed by atoms with Gasteiger partial charge in [0, 0.05) is 12.7 Å². The van der Waals surface area contributed by atoms with Crippen LogP contribution in [-0.4, -0.2) is 38.4 Å². The molecule has 22 heavy (non-hydrogen) atoms. The zero-order chi connectivity index (χ0) is 16.8. The Labute approximate surface area is 134 Å². The fourth-order valence-corrected chi connectivity index (χ4v) is 1.73. The van der Waals surface area contributed by atoms with E-state index in [0.717, 1.165) is 12.8 Å². The number of carbonyl (C=O) groups excluding carboxylic acids is 2. The van der Waals surface area contributed by atoms with Gasteiger partial charge in [-0.2, -0.15) is 0 Å². The molecule has 128 valence electrons. The molecule has 0 amide bonds. The van der Waals surface area contributed by atoms with E-state index in [9.17, 15) is 9.59 Å². The molecule has 0 aliphatic carbocycles. The number of esters is 2. The summed E-state index contributed by atoms with van der Waals surface area (Å²) in [5.74, 6) is -1.02. The van der Waals surface area contributed by atoms with E-state index in [-0.39, 0.29) is 24.7 Å². The normalized spacial score (nSPS) is 11.8. The summed E-state index contributed by atoms with van der Waals surface area (Å²) in [6, 6.07) is 0. The Balaban J connectivity index is 3.69. The molecule has 1 atom stereocenters. The molecule has 0 bridgehead atoms. The highest BCUT2D eigenvalue weighted by atomic mass is 16.6. The molecule has 5 nitrogen and oxygen atoms in total. The van der Waals surface area contributed by atoms with Gasteiger partial charge in [0.05, 0.1) is 19.1 Å². The summed E-state index contributed by atoms with van der Waals surface area (Å²) in [6.45, 7) is 8.06. The lowest BCUT2D eigenvalue weighted by molar-refractivity contribution is -0.147. The summed E-state index contributed by atoms with van der Waals surface area (Å²) in [5, 5.41) is 0. The SMILES string of the molecule is C=C(CC(=O)OCCCCCCCC)C(=O)OCC(C)OC. The summed E-state index contributed by atoms with van der Waals surface area (Å²) in [6.07, 6.45) is 6.48. The van der Waals surface area contributed by atoms with Crippen LogP contribution in [0.4, 0.5) is 0 Å². The highest BCUT2D eigenvalue weighted by Gasteiger charge is 2.15. The average molecular weight is 314 g/mol. The summed E-state index contributed by atoms with van der Waals surface area (Å²) >= 11 is 0. The molecule has 0 aromatic rings. The molecule has 5 heteroatoms. The van der Waals surface area contributed by atoms with Crippen LogP contribution in [0.5, 0.6) is 0 Å².